The predicted molar refractivity (Wildman–Crippen MR) is 202 cm³/mol. The Morgan fingerprint density at radius 3 is 1.66 bits per heavy atom. The Morgan fingerprint density at radius 1 is 0.440 bits per heavy atom. The van der Waals surface area contributed by atoms with Gasteiger partial charge in [0, 0.05) is 22.1 Å². The van der Waals surface area contributed by atoms with Crippen LogP contribution in [0.25, 0.3) is 67.2 Å². The molecule has 5 aliphatic rings. The van der Waals surface area contributed by atoms with Crippen LogP contribution in [0.3, 0.4) is 0 Å². The average Bonchev–Trinajstić information content (AvgIpc) is 3.49. The van der Waals surface area contributed by atoms with Gasteiger partial charge in [0.1, 0.15) is 0 Å². The van der Waals surface area contributed by atoms with Gasteiger partial charge in [0.05, 0.1) is 0 Å². The summed E-state index contributed by atoms with van der Waals surface area (Å²) in [4.78, 5) is 16.0. The number of hydrogen-bond donors (Lipinski definition) is 0. The molecule has 1 spiro atoms. The summed E-state index contributed by atoms with van der Waals surface area (Å²) in [5.41, 5.74) is 11.4. The normalized spacial score (nSPS) is 24.1. The van der Waals surface area contributed by atoms with Crippen molar-refractivity contribution in [3.05, 3.63) is 151 Å². The first-order valence-corrected chi connectivity index (χ1v) is 18.4. The maximum Gasteiger partial charge on any atom is 0.164 e. The van der Waals surface area contributed by atoms with Crippen LogP contribution < -0.4 is 0 Å². The summed E-state index contributed by atoms with van der Waals surface area (Å²) in [6.07, 6.45) is 6.76. The molecule has 3 heteroatoms. The zero-order valence-electron chi connectivity index (χ0n) is 28.0. The van der Waals surface area contributed by atoms with Crippen LogP contribution >= 0.6 is 0 Å². The van der Waals surface area contributed by atoms with E-state index in [1.165, 1.54) is 76.3 Å². The van der Waals surface area contributed by atoms with Crippen LogP contribution in [0.4, 0.5) is 0 Å². The molecule has 0 aliphatic heterocycles. The van der Waals surface area contributed by atoms with E-state index in [9.17, 15) is 0 Å². The van der Waals surface area contributed by atoms with Gasteiger partial charge in [-0.25, -0.2) is 15.0 Å². The van der Waals surface area contributed by atoms with Crippen molar-refractivity contribution in [3.8, 4) is 56.4 Å². The Hall–Kier alpha value is -5.41. The monoisotopic (exact) mass is 643 g/mol. The van der Waals surface area contributed by atoms with Crippen LogP contribution in [0.1, 0.15) is 43.2 Å². The van der Waals surface area contributed by atoms with E-state index in [2.05, 4.69) is 140 Å². The molecular formula is C47H37N3. The van der Waals surface area contributed by atoms with E-state index in [1.807, 2.05) is 0 Å². The van der Waals surface area contributed by atoms with E-state index >= 15 is 0 Å². The highest BCUT2D eigenvalue weighted by molar-refractivity contribution is 6.06. The SMILES string of the molecule is c1ccc(-c2ccc(-c3nc(-c4ccccc4)nc(-c4cc5ccccc5c5c4C4(c6ccccc6-5)C5CC6CC(C5)CC4C6)n3)cc2)cc1. The Bertz CT molecular complexity index is 2400. The van der Waals surface area contributed by atoms with E-state index in [-0.39, 0.29) is 5.41 Å². The number of fused-ring (bicyclic) bond motifs is 5. The summed E-state index contributed by atoms with van der Waals surface area (Å²) in [7, 11) is 0. The first-order valence-electron chi connectivity index (χ1n) is 18.4. The van der Waals surface area contributed by atoms with Gasteiger partial charge in [0.15, 0.2) is 17.5 Å². The Morgan fingerprint density at radius 2 is 0.960 bits per heavy atom. The summed E-state index contributed by atoms with van der Waals surface area (Å²) in [6.45, 7) is 0. The van der Waals surface area contributed by atoms with Crippen LogP contribution in [-0.4, -0.2) is 15.0 Å². The van der Waals surface area contributed by atoms with Crippen molar-refractivity contribution in [1.29, 1.82) is 0 Å². The molecule has 50 heavy (non-hydrogen) atoms. The smallest absolute Gasteiger partial charge is 0.164 e. The van der Waals surface area contributed by atoms with Gasteiger partial charge in [-0.1, -0.05) is 133 Å². The number of nitrogens with zero attached hydrogens (tertiary/aromatic N) is 3. The van der Waals surface area contributed by atoms with Crippen molar-refractivity contribution in [2.75, 3.05) is 0 Å². The molecule has 0 amide bonds. The van der Waals surface area contributed by atoms with Gasteiger partial charge in [0.25, 0.3) is 0 Å². The second-order valence-electron chi connectivity index (χ2n) is 15.2. The van der Waals surface area contributed by atoms with E-state index < -0.39 is 0 Å². The quantitative estimate of drug-likeness (QED) is 0.192. The van der Waals surface area contributed by atoms with Crippen molar-refractivity contribution in [1.82, 2.24) is 15.0 Å². The van der Waals surface area contributed by atoms with E-state index in [4.69, 9.17) is 15.0 Å². The molecule has 1 heterocycles. The first kappa shape index (κ1) is 28.4. The maximum absolute atomic E-state index is 5.42. The molecule has 12 rings (SSSR count). The largest absolute Gasteiger partial charge is 0.208 e. The maximum atomic E-state index is 5.42. The minimum atomic E-state index is -0.0181. The summed E-state index contributed by atoms with van der Waals surface area (Å²) < 4.78 is 0. The molecule has 0 N–H and O–H groups in total. The van der Waals surface area contributed by atoms with Crippen molar-refractivity contribution in [2.45, 2.75) is 37.5 Å². The van der Waals surface area contributed by atoms with Gasteiger partial charge >= 0.3 is 0 Å². The molecular weight excluding hydrogens is 607 g/mol. The molecule has 4 fully saturated rings. The van der Waals surface area contributed by atoms with Crippen LogP contribution in [0, 0.1) is 23.7 Å². The summed E-state index contributed by atoms with van der Waals surface area (Å²) in [5, 5.41) is 2.59. The standard InChI is InChI=1S/C47H37N3/c1-3-11-31(12-4-1)32-19-21-34(22-20-32)45-48-44(33-13-5-2-6-14-33)49-46(50-45)40-28-35-15-7-8-16-38(35)42-39-17-9-10-18-41(39)47(43(40)42)36-24-29-23-30(26-36)27-37(47)25-29/h1-22,28-30,36-37H,23-27H2. The molecule has 1 aromatic heterocycles. The minimum absolute atomic E-state index is 0.0181. The second kappa shape index (κ2) is 10.8. The third-order valence-corrected chi connectivity index (χ3v) is 12.7. The predicted octanol–water partition coefficient (Wildman–Crippen LogP) is 11.4. The Kier molecular flexibility index (Phi) is 6.14. The lowest BCUT2D eigenvalue weighted by Gasteiger charge is -2.61. The van der Waals surface area contributed by atoms with Crippen LogP contribution in [0.2, 0.25) is 0 Å². The van der Waals surface area contributed by atoms with Crippen LogP contribution in [-0.2, 0) is 5.41 Å². The molecule has 0 unspecified atom stereocenters. The molecule has 6 aromatic carbocycles. The lowest BCUT2D eigenvalue weighted by molar-refractivity contribution is -0.0397. The summed E-state index contributed by atoms with van der Waals surface area (Å²) in [6, 6.07) is 50.5. The van der Waals surface area contributed by atoms with E-state index in [0.717, 1.165) is 28.8 Å². The average molecular weight is 644 g/mol. The zero-order valence-corrected chi connectivity index (χ0v) is 28.0. The van der Waals surface area contributed by atoms with Crippen LogP contribution in [0.5, 0.6) is 0 Å². The molecule has 0 saturated heterocycles. The molecule has 0 radical (unpaired) electrons. The highest BCUT2D eigenvalue weighted by Crippen LogP contribution is 2.71. The van der Waals surface area contributed by atoms with Crippen molar-refractivity contribution >= 4 is 10.8 Å². The Balaban J connectivity index is 1.18. The molecule has 0 atom stereocenters. The third-order valence-electron chi connectivity index (χ3n) is 12.7. The van der Waals surface area contributed by atoms with Gasteiger partial charge < -0.3 is 0 Å². The summed E-state index contributed by atoms with van der Waals surface area (Å²) >= 11 is 0. The number of benzene rings is 6. The highest BCUT2D eigenvalue weighted by Gasteiger charge is 2.62. The van der Waals surface area contributed by atoms with Crippen molar-refractivity contribution in [2.24, 2.45) is 23.7 Å². The molecule has 5 aliphatic carbocycles. The second-order valence-corrected chi connectivity index (χ2v) is 15.2. The fourth-order valence-electron chi connectivity index (χ4n) is 11.0. The number of rotatable bonds is 4. The molecule has 240 valence electrons. The minimum Gasteiger partial charge on any atom is -0.208 e. The molecule has 3 nitrogen and oxygen atoms in total. The fraction of sp³-hybridized carbons (Fsp3) is 0.213. The van der Waals surface area contributed by atoms with E-state index in [1.54, 1.807) is 5.56 Å². The molecule has 4 bridgehead atoms. The Labute approximate surface area is 293 Å². The lowest BCUT2D eigenvalue weighted by atomic mass is 9.43. The lowest BCUT2D eigenvalue weighted by Crippen LogP contribution is -2.55. The topological polar surface area (TPSA) is 38.7 Å². The molecule has 7 aromatic rings. The van der Waals surface area contributed by atoms with Crippen molar-refractivity contribution in [3.63, 3.8) is 0 Å². The van der Waals surface area contributed by atoms with Gasteiger partial charge in [-0.3, -0.25) is 0 Å². The van der Waals surface area contributed by atoms with Gasteiger partial charge in [-0.05, 0) is 106 Å². The highest BCUT2D eigenvalue weighted by atomic mass is 15.0. The van der Waals surface area contributed by atoms with Gasteiger partial charge in [0.2, 0.25) is 0 Å². The molecule has 4 saturated carbocycles. The first-order chi connectivity index (χ1) is 24.7. The zero-order chi connectivity index (χ0) is 32.8. The van der Waals surface area contributed by atoms with E-state index in [0.29, 0.717) is 23.5 Å². The fourth-order valence-corrected chi connectivity index (χ4v) is 11.0. The number of aromatic nitrogens is 3. The number of hydrogen-bond acceptors (Lipinski definition) is 3. The summed E-state index contributed by atoms with van der Waals surface area (Å²) in [5.74, 6) is 5.23. The van der Waals surface area contributed by atoms with Gasteiger partial charge in [-0.2, -0.15) is 0 Å². The van der Waals surface area contributed by atoms with Crippen LogP contribution in [0.15, 0.2) is 140 Å². The van der Waals surface area contributed by atoms with Gasteiger partial charge in [-0.15, -0.1) is 0 Å². The van der Waals surface area contributed by atoms with Crippen molar-refractivity contribution < 1.29 is 0 Å². The third kappa shape index (κ3) is 4.07.